The zero-order chi connectivity index (χ0) is 14.8. The van der Waals surface area contributed by atoms with Crippen LogP contribution < -0.4 is 4.74 Å². The zero-order valence-corrected chi connectivity index (χ0v) is 14.3. The number of methoxy groups -OCH3 is 1. The van der Waals surface area contributed by atoms with Crippen molar-refractivity contribution in [1.82, 2.24) is 14.5 Å². The van der Waals surface area contributed by atoms with Crippen molar-refractivity contribution in [3.05, 3.63) is 51.5 Å². The molecule has 2 aromatic heterocycles. The van der Waals surface area contributed by atoms with Crippen LogP contribution >= 0.6 is 34.2 Å². The molecule has 0 fully saturated rings. The fourth-order valence-corrected chi connectivity index (χ4v) is 2.95. The van der Waals surface area contributed by atoms with Crippen LogP contribution in [0.1, 0.15) is 11.4 Å². The van der Waals surface area contributed by atoms with Crippen LogP contribution in [0.5, 0.6) is 5.88 Å². The van der Waals surface area contributed by atoms with Gasteiger partial charge in [-0.1, -0.05) is 0 Å². The van der Waals surface area contributed by atoms with E-state index in [0.717, 1.165) is 26.0 Å². The third kappa shape index (κ3) is 2.98. The maximum Gasteiger partial charge on any atom is 0.213 e. The second kappa shape index (κ2) is 6.19. The van der Waals surface area contributed by atoms with Gasteiger partial charge >= 0.3 is 0 Å². The maximum atomic E-state index is 6.05. The molecule has 0 saturated heterocycles. The topological polar surface area (TPSA) is 39.9 Å². The van der Waals surface area contributed by atoms with Gasteiger partial charge in [0.15, 0.2) is 0 Å². The highest BCUT2D eigenvalue weighted by Gasteiger charge is 2.11. The molecule has 0 radical (unpaired) electrons. The number of benzene rings is 1. The molecule has 0 aliphatic carbocycles. The molecule has 2 heterocycles. The molecule has 0 bridgehead atoms. The number of rotatable bonds is 4. The number of aromatic nitrogens is 3. The third-order valence-corrected chi connectivity index (χ3v) is 4.17. The number of hydrogen-bond acceptors (Lipinski definition) is 3. The number of alkyl halides is 1. The minimum Gasteiger partial charge on any atom is -0.481 e. The van der Waals surface area contributed by atoms with E-state index in [9.17, 15) is 0 Å². The van der Waals surface area contributed by atoms with E-state index in [4.69, 9.17) is 16.3 Å². The lowest BCUT2D eigenvalue weighted by Gasteiger charge is -2.09. The van der Waals surface area contributed by atoms with Crippen LogP contribution in [0.15, 0.2) is 36.5 Å². The number of ether oxygens (including phenoxy) is 1. The molecular weight excluding hydrogens is 401 g/mol. The van der Waals surface area contributed by atoms with Crippen LogP contribution in [0.4, 0.5) is 0 Å². The summed E-state index contributed by atoms with van der Waals surface area (Å²) in [6.07, 6.45) is 1.75. The Morgan fingerprint density at radius 1 is 1.29 bits per heavy atom. The standard InChI is InChI=1S/C15H13ClIN3O/c1-21-15-6-10(4-5-18-15)9-20-13-3-2-11(17)7-12(13)19-14(20)8-16/h2-7H,8-9H2,1H3. The van der Waals surface area contributed by atoms with Crippen molar-refractivity contribution in [1.29, 1.82) is 0 Å². The van der Waals surface area contributed by atoms with Crippen molar-refractivity contribution in [3.8, 4) is 5.88 Å². The maximum absolute atomic E-state index is 6.05. The highest BCUT2D eigenvalue weighted by Crippen LogP contribution is 2.22. The molecule has 0 spiro atoms. The SMILES string of the molecule is COc1cc(Cn2c(CCl)nc3cc(I)ccc32)ccn1. The van der Waals surface area contributed by atoms with Crippen molar-refractivity contribution in [3.63, 3.8) is 0 Å². The molecule has 0 atom stereocenters. The van der Waals surface area contributed by atoms with Crippen LogP contribution in [0.25, 0.3) is 11.0 Å². The van der Waals surface area contributed by atoms with Crippen molar-refractivity contribution in [2.75, 3.05) is 7.11 Å². The summed E-state index contributed by atoms with van der Waals surface area (Å²) >= 11 is 8.33. The van der Waals surface area contributed by atoms with Crippen molar-refractivity contribution < 1.29 is 4.74 Å². The largest absolute Gasteiger partial charge is 0.481 e. The minimum atomic E-state index is 0.382. The average molecular weight is 414 g/mol. The Bertz CT molecular complexity index is 788. The summed E-state index contributed by atoms with van der Waals surface area (Å²) in [6.45, 7) is 0.692. The van der Waals surface area contributed by atoms with Crippen molar-refractivity contribution >= 4 is 45.2 Å². The number of fused-ring (bicyclic) bond motifs is 1. The highest BCUT2D eigenvalue weighted by atomic mass is 127. The summed E-state index contributed by atoms with van der Waals surface area (Å²) < 4.78 is 8.47. The predicted molar refractivity (Wildman–Crippen MR) is 91.9 cm³/mol. The number of nitrogens with zero attached hydrogens (tertiary/aromatic N) is 3. The predicted octanol–water partition coefficient (Wildman–Crippen LogP) is 3.83. The average Bonchev–Trinajstić information content (AvgIpc) is 2.84. The smallest absolute Gasteiger partial charge is 0.213 e. The first kappa shape index (κ1) is 14.6. The Hall–Kier alpha value is -1.34. The molecule has 0 aliphatic rings. The summed E-state index contributed by atoms with van der Waals surface area (Å²) in [5.41, 5.74) is 3.16. The summed E-state index contributed by atoms with van der Waals surface area (Å²) in [7, 11) is 1.62. The van der Waals surface area contributed by atoms with E-state index in [-0.39, 0.29) is 0 Å². The first-order valence-electron chi connectivity index (χ1n) is 6.41. The monoisotopic (exact) mass is 413 g/mol. The molecule has 21 heavy (non-hydrogen) atoms. The third-order valence-electron chi connectivity index (χ3n) is 3.26. The van der Waals surface area contributed by atoms with Gasteiger partial charge in [-0.3, -0.25) is 0 Å². The molecule has 0 N–H and O–H groups in total. The Morgan fingerprint density at radius 2 is 2.14 bits per heavy atom. The molecular formula is C15H13ClIN3O. The van der Waals surface area contributed by atoms with E-state index in [2.05, 4.69) is 55.3 Å². The van der Waals surface area contributed by atoms with E-state index in [0.29, 0.717) is 18.3 Å². The summed E-state index contributed by atoms with van der Waals surface area (Å²) in [5.74, 6) is 1.86. The summed E-state index contributed by atoms with van der Waals surface area (Å²) in [5, 5.41) is 0. The second-order valence-corrected chi connectivity index (χ2v) is 6.10. The lowest BCUT2D eigenvalue weighted by atomic mass is 10.2. The molecule has 0 aliphatic heterocycles. The lowest BCUT2D eigenvalue weighted by Crippen LogP contribution is -2.04. The van der Waals surface area contributed by atoms with Crippen LogP contribution in [-0.2, 0) is 12.4 Å². The van der Waals surface area contributed by atoms with Crippen LogP contribution in [0.3, 0.4) is 0 Å². The number of hydrogen-bond donors (Lipinski definition) is 0. The Balaban J connectivity index is 2.06. The molecule has 4 nitrogen and oxygen atoms in total. The first-order chi connectivity index (χ1) is 10.2. The quantitative estimate of drug-likeness (QED) is 0.482. The minimum absolute atomic E-state index is 0.382. The van der Waals surface area contributed by atoms with Crippen molar-refractivity contribution in [2.24, 2.45) is 0 Å². The van der Waals surface area contributed by atoms with E-state index in [1.54, 1.807) is 13.3 Å². The number of pyridine rings is 1. The summed E-state index contributed by atoms with van der Waals surface area (Å²) in [6, 6.07) is 10.1. The number of halogens is 2. The van der Waals surface area contributed by atoms with Gasteiger partial charge in [-0.25, -0.2) is 9.97 Å². The normalized spacial score (nSPS) is 11.0. The van der Waals surface area contributed by atoms with Gasteiger partial charge in [0.25, 0.3) is 0 Å². The zero-order valence-electron chi connectivity index (χ0n) is 11.4. The molecule has 0 saturated carbocycles. The molecule has 1 aromatic carbocycles. The second-order valence-electron chi connectivity index (χ2n) is 4.59. The van der Waals surface area contributed by atoms with E-state index < -0.39 is 0 Å². The van der Waals surface area contributed by atoms with Crippen molar-refractivity contribution in [2.45, 2.75) is 12.4 Å². The highest BCUT2D eigenvalue weighted by molar-refractivity contribution is 14.1. The molecule has 3 aromatic rings. The van der Waals surface area contributed by atoms with E-state index in [1.165, 1.54) is 0 Å². The van der Waals surface area contributed by atoms with Gasteiger partial charge in [-0.05, 0) is 52.4 Å². The fraction of sp³-hybridized carbons (Fsp3) is 0.200. The Labute approximate surface area is 141 Å². The molecule has 108 valence electrons. The Kier molecular flexibility index (Phi) is 4.30. The molecule has 0 unspecified atom stereocenters. The molecule has 3 rings (SSSR count). The van der Waals surface area contributed by atoms with E-state index >= 15 is 0 Å². The number of imidazole rings is 1. The van der Waals surface area contributed by atoms with Gasteiger partial charge in [-0.2, -0.15) is 0 Å². The van der Waals surface area contributed by atoms with Gasteiger partial charge in [0, 0.05) is 22.4 Å². The first-order valence-corrected chi connectivity index (χ1v) is 8.02. The Morgan fingerprint density at radius 3 is 2.90 bits per heavy atom. The molecule has 0 amide bonds. The van der Waals surface area contributed by atoms with Gasteiger partial charge < -0.3 is 9.30 Å². The van der Waals surface area contributed by atoms with E-state index in [1.807, 2.05) is 12.1 Å². The van der Waals surface area contributed by atoms with Gasteiger partial charge in [0.1, 0.15) is 5.82 Å². The fourth-order valence-electron chi connectivity index (χ4n) is 2.27. The van der Waals surface area contributed by atoms with Gasteiger partial charge in [0.05, 0.1) is 24.0 Å². The molecule has 6 heteroatoms. The summed E-state index contributed by atoms with van der Waals surface area (Å²) in [4.78, 5) is 8.74. The van der Waals surface area contributed by atoms with Crippen LogP contribution in [-0.4, -0.2) is 21.6 Å². The van der Waals surface area contributed by atoms with Gasteiger partial charge in [0.2, 0.25) is 5.88 Å². The van der Waals surface area contributed by atoms with Crippen LogP contribution in [0.2, 0.25) is 0 Å². The lowest BCUT2D eigenvalue weighted by molar-refractivity contribution is 0.397. The van der Waals surface area contributed by atoms with Crippen LogP contribution in [0, 0.1) is 3.57 Å². The van der Waals surface area contributed by atoms with Gasteiger partial charge in [-0.15, -0.1) is 11.6 Å².